The lowest BCUT2D eigenvalue weighted by atomic mass is 10.1. The van der Waals surface area contributed by atoms with E-state index in [0.717, 1.165) is 18.0 Å². The highest BCUT2D eigenvalue weighted by molar-refractivity contribution is 7.98. The molecule has 0 aromatic heterocycles. The number of benzene rings is 1. The normalized spacial score (nSPS) is 9.93. The number of rotatable bonds is 5. The number of primary amides is 1. The van der Waals surface area contributed by atoms with Gasteiger partial charge in [-0.3, -0.25) is 4.79 Å². The molecule has 0 heterocycles. The minimum atomic E-state index is -0.499. The molecule has 1 amide bonds. The second-order valence-corrected chi connectivity index (χ2v) is 4.04. The van der Waals surface area contributed by atoms with Gasteiger partial charge in [0, 0.05) is 12.3 Å². The number of para-hydroxylation sites is 1. The zero-order valence-electron chi connectivity index (χ0n) is 8.62. The van der Waals surface area contributed by atoms with Crippen molar-refractivity contribution in [3.8, 4) is 0 Å². The van der Waals surface area contributed by atoms with E-state index in [9.17, 15) is 4.79 Å². The maximum atomic E-state index is 11.0. The molecular formula is C10H15N3OS. The minimum Gasteiger partial charge on any atom is -0.396 e. The van der Waals surface area contributed by atoms with Gasteiger partial charge >= 0.3 is 0 Å². The Morgan fingerprint density at radius 3 is 2.87 bits per heavy atom. The van der Waals surface area contributed by atoms with Gasteiger partial charge in [0.2, 0.25) is 0 Å². The van der Waals surface area contributed by atoms with Crippen molar-refractivity contribution in [1.82, 2.24) is 0 Å². The van der Waals surface area contributed by atoms with E-state index in [1.807, 2.05) is 12.3 Å². The Balaban J connectivity index is 2.80. The minimum absolute atomic E-state index is 0.365. The molecule has 0 saturated heterocycles. The van der Waals surface area contributed by atoms with E-state index in [0.29, 0.717) is 11.3 Å². The van der Waals surface area contributed by atoms with Crippen LogP contribution in [0.2, 0.25) is 0 Å². The molecule has 4 nitrogen and oxygen atoms in total. The van der Waals surface area contributed by atoms with Crippen molar-refractivity contribution in [3.05, 3.63) is 23.8 Å². The number of carbonyl (C=O) groups is 1. The average molecular weight is 225 g/mol. The highest BCUT2D eigenvalue weighted by Gasteiger charge is 2.08. The van der Waals surface area contributed by atoms with Crippen LogP contribution in [0.15, 0.2) is 18.2 Å². The molecule has 0 saturated carbocycles. The van der Waals surface area contributed by atoms with Crippen LogP contribution in [0.3, 0.4) is 0 Å². The van der Waals surface area contributed by atoms with Crippen LogP contribution >= 0.6 is 11.8 Å². The lowest BCUT2D eigenvalue weighted by Gasteiger charge is -2.10. The molecule has 15 heavy (non-hydrogen) atoms. The first-order valence-electron chi connectivity index (χ1n) is 4.58. The number of nitrogen functional groups attached to an aromatic ring is 1. The van der Waals surface area contributed by atoms with E-state index in [1.54, 1.807) is 23.9 Å². The predicted octanol–water partition coefficient (Wildman–Crippen LogP) is 1.14. The summed E-state index contributed by atoms with van der Waals surface area (Å²) in [5, 5.41) is 3.16. The first kappa shape index (κ1) is 11.7. The Morgan fingerprint density at radius 2 is 2.27 bits per heavy atom. The standard InChI is InChI=1S/C10H15N3OS/c1-15-6-5-13-8-4-2-3-7(9(8)11)10(12)14/h2-4,13H,5-6,11H2,1H3,(H2,12,14). The Bertz CT molecular complexity index is 355. The number of nitrogens with one attached hydrogen (secondary N) is 1. The molecule has 5 N–H and O–H groups in total. The van der Waals surface area contributed by atoms with Crippen molar-refractivity contribution in [3.63, 3.8) is 0 Å². The third kappa shape index (κ3) is 3.06. The second kappa shape index (κ2) is 5.50. The zero-order chi connectivity index (χ0) is 11.3. The fourth-order valence-corrected chi connectivity index (χ4v) is 1.53. The third-order valence-electron chi connectivity index (χ3n) is 1.99. The van der Waals surface area contributed by atoms with E-state index in [-0.39, 0.29) is 0 Å². The average Bonchev–Trinajstić information content (AvgIpc) is 2.20. The van der Waals surface area contributed by atoms with E-state index >= 15 is 0 Å². The van der Waals surface area contributed by atoms with Gasteiger partial charge in [-0.2, -0.15) is 11.8 Å². The molecule has 0 bridgehead atoms. The van der Waals surface area contributed by atoms with Gasteiger partial charge in [-0.25, -0.2) is 0 Å². The Morgan fingerprint density at radius 1 is 1.53 bits per heavy atom. The van der Waals surface area contributed by atoms with E-state index in [1.165, 1.54) is 0 Å². The maximum absolute atomic E-state index is 11.0. The van der Waals surface area contributed by atoms with Crippen LogP contribution in [0.1, 0.15) is 10.4 Å². The van der Waals surface area contributed by atoms with E-state index < -0.39 is 5.91 Å². The lowest BCUT2D eigenvalue weighted by molar-refractivity contribution is 0.100. The van der Waals surface area contributed by atoms with Crippen molar-refractivity contribution in [2.24, 2.45) is 5.73 Å². The second-order valence-electron chi connectivity index (χ2n) is 3.05. The molecule has 1 aromatic rings. The number of amides is 1. The molecule has 0 aliphatic heterocycles. The monoisotopic (exact) mass is 225 g/mol. The summed E-state index contributed by atoms with van der Waals surface area (Å²) >= 11 is 1.74. The molecule has 5 heteroatoms. The fourth-order valence-electron chi connectivity index (χ4n) is 1.22. The maximum Gasteiger partial charge on any atom is 0.250 e. The van der Waals surface area contributed by atoms with Gasteiger partial charge in [0.15, 0.2) is 0 Å². The van der Waals surface area contributed by atoms with Gasteiger partial charge in [-0.15, -0.1) is 0 Å². The zero-order valence-corrected chi connectivity index (χ0v) is 9.43. The van der Waals surface area contributed by atoms with Crippen LogP contribution in [0, 0.1) is 0 Å². The molecular weight excluding hydrogens is 210 g/mol. The summed E-state index contributed by atoms with van der Waals surface area (Å²) < 4.78 is 0. The first-order valence-corrected chi connectivity index (χ1v) is 5.97. The van der Waals surface area contributed by atoms with Crippen molar-refractivity contribution in [2.45, 2.75) is 0 Å². The quantitative estimate of drug-likeness (QED) is 0.518. The SMILES string of the molecule is CSCCNc1cccc(C(N)=O)c1N. The Hall–Kier alpha value is -1.36. The molecule has 0 unspecified atom stereocenters. The van der Waals surface area contributed by atoms with Crippen LogP contribution < -0.4 is 16.8 Å². The highest BCUT2D eigenvalue weighted by Crippen LogP contribution is 2.22. The first-order chi connectivity index (χ1) is 7.16. The summed E-state index contributed by atoms with van der Waals surface area (Å²) in [7, 11) is 0. The molecule has 1 rings (SSSR count). The number of thioether (sulfide) groups is 1. The van der Waals surface area contributed by atoms with Crippen molar-refractivity contribution in [1.29, 1.82) is 0 Å². The number of nitrogens with two attached hydrogens (primary N) is 2. The fraction of sp³-hybridized carbons (Fsp3) is 0.300. The highest BCUT2D eigenvalue weighted by atomic mass is 32.2. The molecule has 0 fully saturated rings. The number of carbonyl (C=O) groups excluding carboxylic acids is 1. The number of anilines is 2. The summed E-state index contributed by atoms with van der Waals surface area (Å²) in [5.74, 6) is 0.487. The number of hydrogen-bond acceptors (Lipinski definition) is 4. The number of hydrogen-bond donors (Lipinski definition) is 3. The van der Waals surface area contributed by atoms with E-state index in [2.05, 4.69) is 5.32 Å². The molecule has 0 spiro atoms. The predicted molar refractivity (Wildman–Crippen MR) is 66.2 cm³/mol. The molecule has 0 radical (unpaired) electrons. The van der Waals surface area contributed by atoms with Gasteiger partial charge in [-0.05, 0) is 18.4 Å². The summed E-state index contributed by atoms with van der Waals surface area (Å²) in [6, 6.07) is 5.22. The molecule has 82 valence electrons. The third-order valence-corrected chi connectivity index (χ3v) is 2.61. The van der Waals surface area contributed by atoms with Gasteiger partial charge in [-0.1, -0.05) is 6.07 Å². The van der Waals surface area contributed by atoms with Gasteiger partial charge in [0.1, 0.15) is 0 Å². The van der Waals surface area contributed by atoms with Crippen LogP contribution in [0.25, 0.3) is 0 Å². The Labute approximate surface area is 93.4 Å². The topological polar surface area (TPSA) is 81.1 Å². The van der Waals surface area contributed by atoms with Gasteiger partial charge < -0.3 is 16.8 Å². The van der Waals surface area contributed by atoms with Crippen LogP contribution in [-0.2, 0) is 0 Å². The van der Waals surface area contributed by atoms with Gasteiger partial charge in [0.05, 0.1) is 16.9 Å². The van der Waals surface area contributed by atoms with Gasteiger partial charge in [0.25, 0.3) is 5.91 Å². The van der Waals surface area contributed by atoms with Crippen LogP contribution in [0.4, 0.5) is 11.4 Å². The van der Waals surface area contributed by atoms with E-state index in [4.69, 9.17) is 11.5 Å². The summed E-state index contributed by atoms with van der Waals surface area (Å²) in [5.41, 5.74) is 12.5. The van der Waals surface area contributed by atoms with Crippen LogP contribution in [-0.4, -0.2) is 24.5 Å². The van der Waals surface area contributed by atoms with Crippen LogP contribution in [0.5, 0.6) is 0 Å². The van der Waals surface area contributed by atoms with Crippen molar-refractivity contribution >= 4 is 29.0 Å². The Kier molecular flexibility index (Phi) is 4.30. The molecule has 0 aliphatic carbocycles. The molecule has 0 aliphatic rings. The van der Waals surface area contributed by atoms with Crippen molar-refractivity contribution in [2.75, 3.05) is 29.6 Å². The smallest absolute Gasteiger partial charge is 0.250 e. The summed E-state index contributed by atoms with van der Waals surface area (Å²) in [4.78, 5) is 11.0. The van der Waals surface area contributed by atoms with Crippen molar-refractivity contribution < 1.29 is 4.79 Å². The molecule has 1 aromatic carbocycles. The molecule has 0 atom stereocenters. The largest absolute Gasteiger partial charge is 0.396 e. The summed E-state index contributed by atoms with van der Waals surface area (Å²) in [6.07, 6.45) is 2.03. The lowest BCUT2D eigenvalue weighted by Crippen LogP contribution is -2.15. The summed E-state index contributed by atoms with van der Waals surface area (Å²) in [6.45, 7) is 0.813.